The van der Waals surface area contributed by atoms with E-state index >= 15 is 0 Å². The Balaban J connectivity index is 1.55. The highest BCUT2D eigenvalue weighted by molar-refractivity contribution is 5.81. The molecule has 0 aliphatic heterocycles. The van der Waals surface area contributed by atoms with Crippen LogP contribution in [0.2, 0.25) is 0 Å². The quantitative estimate of drug-likeness (QED) is 0.354. The minimum absolute atomic E-state index is 0.197. The molecule has 0 bridgehead atoms. The standard InChI is InChI=1S/C18H15N7O2/c26-14-8-6-13(7-9-14)11-20-23-16-15(19-10-12-4-2-1-3-5-12)21-17-18(22-16)25-27-24-17/h1-9,11,26H,10H2,(H,19,21,24)(H,22,23,25). The predicted molar refractivity (Wildman–Crippen MR) is 100 cm³/mol. The van der Waals surface area contributed by atoms with Crippen molar-refractivity contribution in [3.8, 4) is 5.75 Å². The van der Waals surface area contributed by atoms with Crippen LogP contribution in [0.25, 0.3) is 11.3 Å². The molecule has 0 amide bonds. The lowest BCUT2D eigenvalue weighted by Gasteiger charge is -2.09. The van der Waals surface area contributed by atoms with Crippen LogP contribution in [-0.4, -0.2) is 31.6 Å². The third kappa shape index (κ3) is 3.98. The highest BCUT2D eigenvalue weighted by Gasteiger charge is 2.12. The Kier molecular flexibility index (Phi) is 4.56. The van der Waals surface area contributed by atoms with Gasteiger partial charge in [-0.05, 0) is 45.7 Å². The molecule has 0 spiro atoms. The molecule has 0 saturated carbocycles. The lowest BCUT2D eigenvalue weighted by Crippen LogP contribution is -2.06. The van der Waals surface area contributed by atoms with E-state index in [-0.39, 0.29) is 11.4 Å². The zero-order valence-electron chi connectivity index (χ0n) is 14.1. The fourth-order valence-electron chi connectivity index (χ4n) is 2.35. The van der Waals surface area contributed by atoms with Gasteiger partial charge in [-0.2, -0.15) is 10.1 Å². The second-order valence-corrected chi connectivity index (χ2v) is 5.63. The van der Waals surface area contributed by atoms with Crippen molar-refractivity contribution in [2.75, 3.05) is 10.7 Å². The normalized spacial score (nSPS) is 11.1. The van der Waals surface area contributed by atoms with Gasteiger partial charge >= 0.3 is 0 Å². The number of fused-ring (bicyclic) bond motifs is 1. The summed E-state index contributed by atoms with van der Waals surface area (Å²) in [6.07, 6.45) is 1.60. The number of hydrogen-bond donors (Lipinski definition) is 3. The van der Waals surface area contributed by atoms with Crippen molar-refractivity contribution in [3.05, 3.63) is 65.7 Å². The average molecular weight is 361 g/mol. The Labute approximate surface area is 153 Å². The van der Waals surface area contributed by atoms with Gasteiger partial charge in [-0.25, -0.2) is 9.61 Å². The molecule has 0 unspecified atom stereocenters. The first-order valence-electron chi connectivity index (χ1n) is 8.14. The predicted octanol–water partition coefficient (Wildman–Crippen LogP) is 2.78. The number of anilines is 2. The molecule has 0 radical (unpaired) electrons. The molecule has 0 saturated heterocycles. The zero-order chi connectivity index (χ0) is 18.5. The van der Waals surface area contributed by atoms with E-state index in [1.165, 1.54) is 0 Å². The molecule has 4 rings (SSSR count). The van der Waals surface area contributed by atoms with Gasteiger partial charge in [0.25, 0.3) is 0 Å². The highest BCUT2D eigenvalue weighted by Crippen LogP contribution is 2.20. The van der Waals surface area contributed by atoms with Gasteiger partial charge in [0.1, 0.15) is 5.75 Å². The first kappa shape index (κ1) is 16.5. The molecule has 27 heavy (non-hydrogen) atoms. The SMILES string of the molecule is Oc1ccc(C=NNc2nc3nonc3nc2NCc2ccccc2)cc1. The maximum Gasteiger partial charge on any atom is 0.245 e. The largest absolute Gasteiger partial charge is 0.508 e. The van der Waals surface area contributed by atoms with Crippen LogP contribution < -0.4 is 10.7 Å². The maximum absolute atomic E-state index is 9.32. The molecule has 0 atom stereocenters. The van der Waals surface area contributed by atoms with E-state index < -0.39 is 0 Å². The number of hydrazone groups is 1. The van der Waals surface area contributed by atoms with Crippen molar-refractivity contribution in [1.82, 2.24) is 20.3 Å². The summed E-state index contributed by atoms with van der Waals surface area (Å²) in [5, 5.41) is 24.1. The van der Waals surface area contributed by atoms with E-state index in [1.54, 1.807) is 30.5 Å². The van der Waals surface area contributed by atoms with Crippen molar-refractivity contribution < 1.29 is 9.74 Å². The minimum Gasteiger partial charge on any atom is -0.508 e. The van der Waals surface area contributed by atoms with Crippen molar-refractivity contribution >= 4 is 29.1 Å². The molecule has 0 aliphatic rings. The summed E-state index contributed by atoms with van der Waals surface area (Å²) in [5.74, 6) is 1.07. The Bertz CT molecular complexity index is 1060. The van der Waals surface area contributed by atoms with Gasteiger partial charge in [-0.1, -0.05) is 30.3 Å². The molecule has 134 valence electrons. The Hall–Kier alpha value is -4.01. The maximum atomic E-state index is 9.32. The Morgan fingerprint density at radius 2 is 1.63 bits per heavy atom. The van der Waals surface area contributed by atoms with E-state index in [0.717, 1.165) is 11.1 Å². The number of nitrogens with zero attached hydrogens (tertiary/aromatic N) is 5. The van der Waals surface area contributed by atoms with E-state index in [9.17, 15) is 5.11 Å². The molecular weight excluding hydrogens is 346 g/mol. The van der Waals surface area contributed by atoms with E-state index in [4.69, 9.17) is 0 Å². The van der Waals surface area contributed by atoms with Gasteiger partial charge in [0.15, 0.2) is 11.6 Å². The van der Waals surface area contributed by atoms with Crippen LogP contribution in [-0.2, 0) is 6.54 Å². The van der Waals surface area contributed by atoms with Gasteiger partial charge in [0.05, 0.1) is 6.21 Å². The third-order valence-corrected chi connectivity index (χ3v) is 3.69. The number of nitrogens with one attached hydrogen (secondary N) is 2. The Morgan fingerprint density at radius 3 is 2.37 bits per heavy atom. The molecular formula is C18H15N7O2. The third-order valence-electron chi connectivity index (χ3n) is 3.69. The molecule has 9 nitrogen and oxygen atoms in total. The van der Waals surface area contributed by atoms with Gasteiger partial charge in [0.2, 0.25) is 11.3 Å². The fourth-order valence-corrected chi connectivity index (χ4v) is 2.35. The average Bonchev–Trinajstić information content (AvgIpc) is 3.16. The summed E-state index contributed by atoms with van der Waals surface area (Å²) < 4.78 is 4.68. The first-order valence-corrected chi connectivity index (χ1v) is 8.14. The lowest BCUT2D eigenvalue weighted by molar-refractivity contribution is 0.314. The van der Waals surface area contributed by atoms with Crippen LogP contribution in [0.5, 0.6) is 5.75 Å². The van der Waals surface area contributed by atoms with Gasteiger partial charge in [-0.15, -0.1) is 0 Å². The summed E-state index contributed by atoms with van der Waals surface area (Å²) in [6, 6.07) is 16.6. The van der Waals surface area contributed by atoms with Crippen LogP contribution >= 0.6 is 0 Å². The second kappa shape index (κ2) is 7.48. The van der Waals surface area contributed by atoms with E-state index in [1.807, 2.05) is 30.3 Å². The Morgan fingerprint density at radius 1 is 0.926 bits per heavy atom. The summed E-state index contributed by atoms with van der Waals surface area (Å²) in [6.45, 7) is 0.558. The van der Waals surface area contributed by atoms with Gasteiger partial charge in [-0.3, -0.25) is 5.43 Å². The van der Waals surface area contributed by atoms with Crippen LogP contribution in [0.1, 0.15) is 11.1 Å². The molecule has 0 fully saturated rings. The number of aromatic nitrogens is 4. The van der Waals surface area contributed by atoms with E-state index in [2.05, 4.69) is 40.8 Å². The summed E-state index contributed by atoms with van der Waals surface area (Å²) in [5.41, 5.74) is 5.35. The van der Waals surface area contributed by atoms with Crippen molar-refractivity contribution in [2.24, 2.45) is 5.10 Å². The number of phenolic OH excluding ortho intramolecular Hbond substituents is 1. The number of rotatable bonds is 6. The van der Waals surface area contributed by atoms with Crippen molar-refractivity contribution in [1.29, 1.82) is 0 Å². The molecule has 2 heterocycles. The fraction of sp³-hybridized carbons (Fsp3) is 0.0556. The van der Waals surface area contributed by atoms with Crippen LogP contribution in [0.4, 0.5) is 11.6 Å². The number of benzene rings is 2. The van der Waals surface area contributed by atoms with Crippen molar-refractivity contribution in [2.45, 2.75) is 6.54 Å². The summed E-state index contributed by atoms with van der Waals surface area (Å²) >= 11 is 0. The lowest BCUT2D eigenvalue weighted by atomic mass is 10.2. The molecule has 9 heteroatoms. The molecule has 2 aromatic carbocycles. The van der Waals surface area contributed by atoms with Crippen LogP contribution in [0.15, 0.2) is 64.3 Å². The van der Waals surface area contributed by atoms with E-state index in [0.29, 0.717) is 23.8 Å². The molecule has 4 aromatic rings. The molecule has 3 N–H and O–H groups in total. The monoisotopic (exact) mass is 361 g/mol. The molecule has 2 aromatic heterocycles. The minimum atomic E-state index is 0.197. The highest BCUT2D eigenvalue weighted by atomic mass is 16.6. The van der Waals surface area contributed by atoms with Crippen molar-refractivity contribution in [3.63, 3.8) is 0 Å². The van der Waals surface area contributed by atoms with Gasteiger partial charge < -0.3 is 10.4 Å². The number of hydrogen-bond acceptors (Lipinski definition) is 9. The summed E-state index contributed by atoms with van der Waals surface area (Å²) in [7, 11) is 0. The summed E-state index contributed by atoms with van der Waals surface area (Å²) in [4.78, 5) is 8.71. The van der Waals surface area contributed by atoms with Crippen LogP contribution in [0.3, 0.4) is 0 Å². The second-order valence-electron chi connectivity index (χ2n) is 5.63. The van der Waals surface area contributed by atoms with Crippen LogP contribution in [0, 0.1) is 0 Å². The van der Waals surface area contributed by atoms with Gasteiger partial charge in [0, 0.05) is 6.54 Å². The number of aromatic hydroxyl groups is 1. The first-order chi connectivity index (χ1) is 13.3. The zero-order valence-corrected chi connectivity index (χ0v) is 14.1. The molecule has 0 aliphatic carbocycles. The number of phenols is 1. The smallest absolute Gasteiger partial charge is 0.245 e. The topological polar surface area (TPSA) is 121 Å².